The number of rotatable bonds is 1. The van der Waals surface area contributed by atoms with E-state index in [4.69, 9.17) is 27.9 Å². The second kappa shape index (κ2) is 5.92. The van der Waals surface area contributed by atoms with E-state index >= 15 is 0 Å². The molecule has 0 radical (unpaired) electrons. The van der Waals surface area contributed by atoms with Crippen LogP contribution in [0.25, 0.3) is 0 Å². The van der Waals surface area contributed by atoms with E-state index in [-0.39, 0.29) is 18.4 Å². The van der Waals surface area contributed by atoms with Crippen molar-refractivity contribution in [1.82, 2.24) is 5.32 Å². The van der Waals surface area contributed by atoms with Gasteiger partial charge in [0.15, 0.2) is 0 Å². The Bertz CT molecular complexity index is 326. The summed E-state index contributed by atoms with van der Waals surface area (Å²) >= 11 is 12.0. The third-order valence-corrected chi connectivity index (χ3v) is 2.83. The number of hydrogen-bond acceptors (Lipinski definition) is 2. The van der Waals surface area contributed by atoms with Crippen molar-refractivity contribution in [2.75, 3.05) is 19.8 Å². The zero-order valence-electron chi connectivity index (χ0n) is 8.00. The van der Waals surface area contributed by atoms with E-state index < -0.39 is 0 Å². The fraction of sp³-hybridized carbons (Fsp3) is 0.400. The molecule has 2 nitrogen and oxygen atoms in total. The molecule has 0 unspecified atom stereocenters. The van der Waals surface area contributed by atoms with Crippen LogP contribution in [0.2, 0.25) is 10.0 Å². The zero-order chi connectivity index (χ0) is 9.97. The van der Waals surface area contributed by atoms with Crippen LogP contribution >= 0.6 is 35.6 Å². The molecule has 1 aliphatic heterocycles. The Morgan fingerprint density at radius 3 is 2.80 bits per heavy atom. The maximum atomic E-state index is 6.08. The first-order valence-electron chi connectivity index (χ1n) is 4.53. The summed E-state index contributed by atoms with van der Waals surface area (Å²) in [7, 11) is 0. The van der Waals surface area contributed by atoms with Gasteiger partial charge in [0.2, 0.25) is 0 Å². The lowest BCUT2D eigenvalue weighted by Crippen LogP contribution is -2.34. The van der Waals surface area contributed by atoms with Crippen LogP contribution in [0.5, 0.6) is 0 Å². The molecule has 0 bridgehead atoms. The van der Waals surface area contributed by atoms with Gasteiger partial charge < -0.3 is 10.1 Å². The van der Waals surface area contributed by atoms with Gasteiger partial charge in [-0.2, -0.15) is 0 Å². The molecule has 0 aliphatic carbocycles. The zero-order valence-corrected chi connectivity index (χ0v) is 10.3. The Balaban J connectivity index is 0.00000112. The van der Waals surface area contributed by atoms with Gasteiger partial charge in [-0.25, -0.2) is 0 Å². The third-order valence-electron chi connectivity index (χ3n) is 2.26. The standard InChI is InChI=1S/C10H11Cl2NO.ClH/c11-7-1-2-9(12)8(5-7)10-6-14-4-3-13-10;/h1-2,5,10,13H,3-4,6H2;1H/t10-;/m0./s1. The maximum Gasteiger partial charge on any atom is 0.0662 e. The van der Waals surface area contributed by atoms with E-state index in [1.54, 1.807) is 6.07 Å². The molecule has 2 rings (SSSR count). The SMILES string of the molecule is Cl.Clc1ccc(Cl)c([C@@H]2COCCN2)c1. The summed E-state index contributed by atoms with van der Waals surface area (Å²) in [5.41, 5.74) is 1.01. The molecule has 1 aliphatic rings. The van der Waals surface area contributed by atoms with Crippen LogP contribution in [-0.4, -0.2) is 19.8 Å². The van der Waals surface area contributed by atoms with E-state index in [0.717, 1.165) is 23.7 Å². The molecule has 1 saturated heterocycles. The Morgan fingerprint density at radius 2 is 2.13 bits per heavy atom. The highest BCUT2D eigenvalue weighted by atomic mass is 35.5. The smallest absolute Gasteiger partial charge is 0.0662 e. The van der Waals surface area contributed by atoms with E-state index in [9.17, 15) is 0 Å². The van der Waals surface area contributed by atoms with Crippen molar-refractivity contribution in [2.24, 2.45) is 0 Å². The Kier molecular flexibility index (Phi) is 5.16. The highest BCUT2D eigenvalue weighted by Gasteiger charge is 2.17. The van der Waals surface area contributed by atoms with Crippen molar-refractivity contribution >= 4 is 35.6 Å². The fourth-order valence-electron chi connectivity index (χ4n) is 1.55. The second-order valence-electron chi connectivity index (χ2n) is 3.25. The molecule has 5 heteroatoms. The molecule has 1 N–H and O–H groups in total. The van der Waals surface area contributed by atoms with Crippen LogP contribution in [0, 0.1) is 0 Å². The van der Waals surface area contributed by atoms with Crippen molar-refractivity contribution < 1.29 is 4.74 Å². The number of halogens is 3. The van der Waals surface area contributed by atoms with Gasteiger partial charge in [0, 0.05) is 16.6 Å². The van der Waals surface area contributed by atoms with Gasteiger partial charge >= 0.3 is 0 Å². The van der Waals surface area contributed by atoms with Gasteiger partial charge in [-0.3, -0.25) is 0 Å². The van der Waals surface area contributed by atoms with Crippen LogP contribution in [0.3, 0.4) is 0 Å². The van der Waals surface area contributed by atoms with E-state index in [1.165, 1.54) is 0 Å². The summed E-state index contributed by atoms with van der Waals surface area (Å²) in [6.07, 6.45) is 0. The molecular formula is C10H12Cl3NO. The highest BCUT2D eigenvalue weighted by Crippen LogP contribution is 2.27. The number of ether oxygens (including phenoxy) is 1. The van der Waals surface area contributed by atoms with Crippen LogP contribution in [-0.2, 0) is 4.74 Å². The quantitative estimate of drug-likeness (QED) is 0.845. The summed E-state index contributed by atoms with van der Waals surface area (Å²) in [4.78, 5) is 0. The lowest BCUT2D eigenvalue weighted by Gasteiger charge is -2.25. The molecule has 84 valence electrons. The van der Waals surface area contributed by atoms with Crippen molar-refractivity contribution in [3.05, 3.63) is 33.8 Å². The molecule has 0 aromatic heterocycles. The molecule has 1 atom stereocenters. The average molecular weight is 269 g/mol. The highest BCUT2D eigenvalue weighted by molar-refractivity contribution is 6.33. The molecule has 1 aromatic rings. The van der Waals surface area contributed by atoms with Gasteiger partial charge in [-0.05, 0) is 23.8 Å². The Morgan fingerprint density at radius 1 is 1.33 bits per heavy atom. The lowest BCUT2D eigenvalue weighted by molar-refractivity contribution is 0.0769. The molecule has 1 heterocycles. The lowest BCUT2D eigenvalue weighted by atomic mass is 10.1. The summed E-state index contributed by atoms with van der Waals surface area (Å²) in [6, 6.07) is 5.65. The molecule has 0 amide bonds. The van der Waals surface area contributed by atoms with Gasteiger partial charge in [0.05, 0.1) is 19.3 Å². The van der Waals surface area contributed by atoms with Crippen molar-refractivity contribution in [1.29, 1.82) is 0 Å². The number of morpholine rings is 1. The van der Waals surface area contributed by atoms with Gasteiger partial charge in [-0.1, -0.05) is 23.2 Å². The van der Waals surface area contributed by atoms with E-state index in [0.29, 0.717) is 11.6 Å². The molecule has 15 heavy (non-hydrogen) atoms. The summed E-state index contributed by atoms with van der Waals surface area (Å²) < 4.78 is 5.37. The third kappa shape index (κ3) is 3.23. The predicted molar refractivity (Wildman–Crippen MR) is 65.3 cm³/mol. The molecule has 0 saturated carbocycles. The minimum atomic E-state index is 0. The largest absolute Gasteiger partial charge is 0.378 e. The minimum Gasteiger partial charge on any atom is -0.378 e. The summed E-state index contributed by atoms with van der Waals surface area (Å²) in [5.74, 6) is 0. The number of nitrogens with one attached hydrogen (secondary N) is 1. The minimum absolute atomic E-state index is 0. The normalized spacial score (nSPS) is 20.8. The fourth-order valence-corrected chi connectivity index (χ4v) is 1.98. The van der Waals surface area contributed by atoms with E-state index in [1.807, 2.05) is 12.1 Å². The first kappa shape index (κ1) is 13.1. The van der Waals surface area contributed by atoms with Gasteiger partial charge in [0.1, 0.15) is 0 Å². The predicted octanol–water partition coefficient (Wildman–Crippen LogP) is 3.08. The first-order chi connectivity index (χ1) is 6.77. The van der Waals surface area contributed by atoms with Crippen LogP contribution in [0.4, 0.5) is 0 Å². The van der Waals surface area contributed by atoms with Gasteiger partial charge in [-0.15, -0.1) is 12.4 Å². The maximum absolute atomic E-state index is 6.08. The molecule has 1 fully saturated rings. The second-order valence-corrected chi connectivity index (χ2v) is 4.09. The molecular weight excluding hydrogens is 256 g/mol. The average Bonchev–Trinajstić information content (AvgIpc) is 2.23. The summed E-state index contributed by atoms with van der Waals surface area (Å²) in [6.45, 7) is 2.27. The van der Waals surface area contributed by atoms with E-state index in [2.05, 4.69) is 5.32 Å². The Hall–Kier alpha value is 0.01000. The van der Waals surface area contributed by atoms with Crippen LogP contribution in [0.15, 0.2) is 18.2 Å². The number of benzene rings is 1. The monoisotopic (exact) mass is 267 g/mol. The molecule has 1 aromatic carbocycles. The van der Waals surface area contributed by atoms with Crippen LogP contribution < -0.4 is 5.32 Å². The van der Waals surface area contributed by atoms with Crippen LogP contribution in [0.1, 0.15) is 11.6 Å². The van der Waals surface area contributed by atoms with Crippen molar-refractivity contribution in [2.45, 2.75) is 6.04 Å². The van der Waals surface area contributed by atoms with Crippen molar-refractivity contribution in [3.8, 4) is 0 Å². The Labute approximate surface area is 105 Å². The first-order valence-corrected chi connectivity index (χ1v) is 5.29. The van der Waals surface area contributed by atoms with Crippen molar-refractivity contribution in [3.63, 3.8) is 0 Å². The summed E-state index contributed by atoms with van der Waals surface area (Å²) in [5, 5.41) is 4.77. The van der Waals surface area contributed by atoms with Gasteiger partial charge in [0.25, 0.3) is 0 Å². The molecule has 0 spiro atoms. The topological polar surface area (TPSA) is 21.3 Å². The number of hydrogen-bond donors (Lipinski definition) is 1.